The Morgan fingerprint density at radius 1 is 1.00 bits per heavy atom. The Hall–Kier alpha value is -0.0800. The molecule has 0 spiro atoms. The minimum Gasteiger partial charge on any atom is -0.381 e. The first-order chi connectivity index (χ1) is 5.91. The molecule has 0 atom stereocenters. The Kier molecular flexibility index (Phi) is 10.8. The minimum atomic E-state index is 0.947. The van der Waals surface area contributed by atoms with E-state index in [1.54, 1.807) is 0 Å². The molecular weight excluding hydrogens is 150 g/mol. The van der Waals surface area contributed by atoms with Crippen molar-refractivity contribution in [2.45, 2.75) is 39.0 Å². The first-order valence-electron chi connectivity index (χ1n) is 5.14. The smallest absolute Gasteiger partial charge is 0.0466 e. The van der Waals surface area contributed by atoms with Crippen LogP contribution in [0, 0.1) is 0 Å². The summed E-state index contributed by atoms with van der Waals surface area (Å²) in [5.74, 6) is 0. The van der Waals surface area contributed by atoms with Crippen LogP contribution in [0.25, 0.3) is 0 Å². The molecule has 0 aromatic rings. The summed E-state index contributed by atoms with van der Waals surface area (Å²) in [5, 5.41) is 3.14. The zero-order valence-corrected chi connectivity index (χ0v) is 8.57. The maximum atomic E-state index is 5.43. The normalized spacial score (nSPS) is 10.5. The molecule has 1 N–H and O–H groups in total. The fraction of sp³-hybridized carbons (Fsp3) is 1.00. The standard InChI is InChI=1S/C10H23NO/c1-3-4-9-12-10-7-5-6-8-11-2/h11H,3-10H2,1-2H3. The van der Waals surface area contributed by atoms with Crippen molar-refractivity contribution in [2.75, 3.05) is 26.8 Å². The van der Waals surface area contributed by atoms with E-state index in [4.69, 9.17) is 4.74 Å². The molecule has 74 valence electrons. The van der Waals surface area contributed by atoms with E-state index in [-0.39, 0.29) is 0 Å². The second kappa shape index (κ2) is 10.9. The van der Waals surface area contributed by atoms with Crippen molar-refractivity contribution in [3.63, 3.8) is 0 Å². The lowest BCUT2D eigenvalue weighted by molar-refractivity contribution is 0.127. The van der Waals surface area contributed by atoms with Crippen LogP contribution in [0.4, 0.5) is 0 Å². The molecule has 0 fully saturated rings. The van der Waals surface area contributed by atoms with Crippen LogP contribution in [0.3, 0.4) is 0 Å². The number of hydrogen-bond acceptors (Lipinski definition) is 2. The molecule has 0 amide bonds. The Labute approximate surface area is 76.7 Å². The third-order valence-corrected chi connectivity index (χ3v) is 1.86. The van der Waals surface area contributed by atoms with E-state index in [0.29, 0.717) is 0 Å². The van der Waals surface area contributed by atoms with Crippen LogP contribution in [0.2, 0.25) is 0 Å². The summed E-state index contributed by atoms with van der Waals surface area (Å²) in [6.07, 6.45) is 6.21. The molecule has 0 radical (unpaired) electrons. The highest BCUT2D eigenvalue weighted by atomic mass is 16.5. The highest BCUT2D eigenvalue weighted by molar-refractivity contribution is 4.43. The highest BCUT2D eigenvalue weighted by Crippen LogP contribution is 1.95. The van der Waals surface area contributed by atoms with Gasteiger partial charge in [-0.2, -0.15) is 0 Å². The first-order valence-corrected chi connectivity index (χ1v) is 5.14. The third kappa shape index (κ3) is 9.92. The van der Waals surface area contributed by atoms with Gasteiger partial charge in [0.15, 0.2) is 0 Å². The Balaban J connectivity index is 2.73. The quantitative estimate of drug-likeness (QED) is 0.540. The van der Waals surface area contributed by atoms with Gasteiger partial charge in [-0.3, -0.25) is 0 Å². The van der Waals surface area contributed by atoms with Gasteiger partial charge in [0.1, 0.15) is 0 Å². The Bertz CT molecular complexity index is 66.2. The third-order valence-electron chi connectivity index (χ3n) is 1.86. The Morgan fingerprint density at radius 2 is 1.75 bits per heavy atom. The van der Waals surface area contributed by atoms with E-state index in [1.807, 2.05) is 7.05 Å². The monoisotopic (exact) mass is 173 g/mol. The summed E-state index contributed by atoms with van der Waals surface area (Å²) < 4.78 is 5.43. The van der Waals surface area contributed by atoms with E-state index in [9.17, 15) is 0 Å². The van der Waals surface area contributed by atoms with Gasteiger partial charge >= 0.3 is 0 Å². The minimum absolute atomic E-state index is 0.947. The molecule has 0 rings (SSSR count). The van der Waals surface area contributed by atoms with Gasteiger partial charge in [-0.25, -0.2) is 0 Å². The van der Waals surface area contributed by atoms with Gasteiger partial charge in [-0.15, -0.1) is 0 Å². The van der Waals surface area contributed by atoms with Crippen molar-refractivity contribution < 1.29 is 4.74 Å². The molecule has 0 aliphatic carbocycles. The van der Waals surface area contributed by atoms with E-state index in [2.05, 4.69) is 12.2 Å². The molecule has 2 nitrogen and oxygen atoms in total. The number of rotatable bonds is 9. The van der Waals surface area contributed by atoms with Crippen LogP contribution in [-0.4, -0.2) is 26.8 Å². The fourth-order valence-corrected chi connectivity index (χ4v) is 1.03. The van der Waals surface area contributed by atoms with Crippen molar-refractivity contribution >= 4 is 0 Å². The summed E-state index contributed by atoms with van der Waals surface area (Å²) in [6, 6.07) is 0. The predicted molar refractivity (Wildman–Crippen MR) is 53.5 cm³/mol. The van der Waals surface area contributed by atoms with E-state index < -0.39 is 0 Å². The van der Waals surface area contributed by atoms with Crippen molar-refractivity contribution in [3.05, 3.63) is 0 Å². The van der Waals surface area contributed by atoms with Crippen LogP contribution < -0.4 is 5.32 Å². The molecule has 12 heavy (non-hydrogen) atoms. The van der Waals surface area contributed by atoms with Gasteiger partial charge in [0.05, 0.1) is 0 Å². The van der Waals surface area contributed by atoms with Crippen molar-refractivity contribution in [1.82, 2.24) is 5.32 Å². The van der Waals surface area contributed by atoms with E-state index in [1.165, 1.54) is 32.1 Å². The number of unbranched alkanes of at least 4 members (excludes halogenated alkanes) is 3. The molecular formula is C10H23NO. The lowest BCUT2D eigenvalue weighted by atomic mass is 10.2. The van der Waals surface area contributed by atoms with E-state index in [0.717, 1.165) is 19.8 Å². The summed E-state index contributed by atoms with van der Waals surface area (Å²) >= 11 is 0. The number of hydrogen-bond donors (Lipinski definition) is 1. The maximum Gasteiger partial charge on any atom is 0.0466 e. The zero-order chi connectivity index (χ0) is 9.07. The van der Waals surface area contributed by atoms with Gasteiger partial charge in [0, 0.05) is 13.2 Å². The highest BCUT2D eigenvalue weighted by Gasteiger charge is 1.89. The van der Waals surface area contributed by atoms with Crippen molar-refractivity contribution in [1.29, 1.82) is 0 Å². The molecule has 0 aliphatic heterocycles. The van der Waals surface area contributed by atoms with Crippen LogP contribution >= 0.6 is 0 Å². The summed E-state index contributed by atoms with van der Waals surface area (Å²) in [6.45, 7) is 5.22. The van der Waals surface area contributed by atoms with Gasteiger partial charge in [0.2, 0.25) is 0 Å². The molecule has 0 aromatic carbocycles. The molecule has 0 aromatic heterocycles. The summed E-state index contributed by atoms with van der Waals surface area (Å²) in [5.41, 5.74) is 0. The van der Waals surface area contributed by atoms with Crippen molar-refractivity contribution in [3.8, 4) is 0 Å². The van der Waals surface area contributed by atoms with Gasteiger partial charge in [-0.05, 0) is 39.3 Å². The fourth-order valence-electron chi connectivity index (χ4n) is 1.03. The second-order valence-electron chi connectivity index (χ2n) is 3.13. The van der Waals surface area contributed by atoms with Crippen LogP contribution in [-0.2, 0) is 4.74 Å². The van der Waals surface area contributed by atoms with Gasteiger partial charge < -0.3 is 10.1 Å². The molecule has 0 saturated carbocycles. The largest absolute Gasteiger partial charge is 0.381 e. The lowest BCUT2D eigenvalue weighted by Crippen LogP contribution is -2.07. The second-order valence-corrected chi connectivity index (χ2v) is 3.13. The number of nitrogens with one attached hydrogen (secondary N) is 1. The summed E-state index contributed by atoms with van der Waals surface area (Å²) in [4.78, 5) is 0. The molecule has 0 unspecified atom stereocenters. The molecule has 2 heteroatoms. The van der Waals surface area contributed by atoms with Crippen LogP contribution in [0.1, 0.15) is 39.0 Å². The van der Waals surface area contributed by atoms with Crippen molar-refractivity contribution in [2.24, 2.45) is 0 Å². The predicted octanol–water partition coefficient (Wildman–Crippen LogP) is 2.19. The number of ether oxygens (including phenoxy) is 1. The van der Waals surface area contributed by atoms with Gasteiger partial charge in [0.25, 0.3) is 0 Å². The zero-order valence-electron chi connectivity index (χ0n) is 8.57. The maximum absolute atomic E-state index is 5.43. The first kappa shape index (κ1) is 11.9. The average Bonchev–Trinajstić information content (AvgIpc) is 2.10. The molecule has 0 saturated heterocycles. The van der Waals surface area contributed by atoms with Crippen LogP contribution in [0.5, 0.6) is 0 Å². The lowest BCUT2D eigenvalue weighted by Gasteiger charge is -2.02. The SMILES string of the molecule is CCCCOCCCCCNC. The average molecular weight is 173 g/mol. The van der Waals surface area contributed by atoms with Gasteiger partial charge in [-0.1, -0.05) is 13.3 Å². The topological polar surface area (TPSA) is 21.3 Å². The molecule has 0 aliphatic rings. The Morgan fingerprint density at radius 3 is 2.42 bits per heavy atom. The molecule has 0 heterocycles. The van der Waals surface area contributed by atoms with Crippen LogP contribution in [0.15, 0.2) is 0 Å². The van der Waals surface area contributed by atoms with E-state index >= 15 is 0 Å². The molecule has 0 bridgehead atoms. The summed E-state index contributed by atoms with van der Waals surface area (Å²) in [7, 11) is 2.00.